The first kappa shape index (κ1) is 16.5. The van der Waals surface area contributed by atoms with Crippen molar-refractivity contribution in [3.63, 3.8) is 0 Å². The summed E-state index contributed by atoms with van der Waals surface area (Å²) in [6.07, 6.45) is 1.90. The maximum absolute atomic E-state index is 12.6. The van der Waals surface area contributed by atoms with Gasteiger partial charge in [0, 0.05) is 28.2 Å². The molecule has 0 unspecified atom stereocenters. The number of methoxy groups -OCH3 is 1. The molecule has 0 radical (unpaired) electrons. The molecular weight excluding hydrogens is 350 g/mol. The standard InChI is InChI=1S/C19H17N3O3S/c1-25-13-8-6-12(7-9-13)18(24)21-22-17(23)11-26-19(22)15-10-20-16-5-3-2-4-14(15)16/h2-10,19-20H,11H2,1H3,(H,21,24)/t19-/m0/s1. The summed E-state index contributed by atoms with van der Waals surface area (Å²) in [5.74, 6) is 0.555. The minimum atomic E-state index is -0.326. The molecule has 0 bridgehead atoms. The topological polar surface area (TPSA) is 74.4 Å². The molecule has 2 heterocycles. The number of carbonyl (C=O) groups excluding carboxylic acids is 2. The van der Waals surface area contributed by atoms with E-state index in [0.29, 0.717) is 17.1 Å². The van der Waals surface area contributed by atoms with Gasteiger partial charge in [0.1, 0.15) is 11.1 Å². The second kappa shape index (κ2) is 6.76. The number of nitrogens with zero attached hydrogens (tertiary/aromatic N) is 1. The molecular formula is C19H17N3O3S. The second-order valence-corrected chi connectivity index (χ2v) is 6.95. The Morgan fingerprint density at radius 3 is 2.77 bits per heavy atom. The number of nitrogens with one attached hydrogen (secondary N) is 2. The zero-order valence-electron chi connectivity index (χ0n) is 14.1. The second-order valence-electron chi connectivity index (χ2n) is 5.89. The molecule has 2 amide bonds. The highest BCUT2D eigenvalue weighted by atomic mass is 32.2. The van der Waals surface area contributed by atoms with Crippen LogP contribution in [0, 0.1) is 0 Å². The molecule has 1 aliphatic rings. The van der Waals surface area contributed by atoms with E-state index in [4.69, 9.17) is 4.74 Å². The minimum absolute atomic E-state index is 0.118. The SMILES string of the molecule is COc1ccc(C(=O)NN2C(=O)CS[C@H]2c2c[nH]c3ccccc23)cc1. The molecule has 26 heavy (non-hydrogen) atoms. The smallest absolute Gasteiger partial charge is 0.269 e. The van der Waals surface area contributed by atoms with E-state index in [2.05, 4.69) is 10.4 Å². The maximum Gasteiger partial charge on any atom is 0.269 e. The van der Waals surface area contributed by atoms with Gasteiger partial charge in [0.05, 0.1) is 12.9 Å². The van der Waals surface area contributed by atoms with Gasteiger partial charge in [-0.05, 0) is 30.3 Å². The van der Waals surface area contributed by atoms with E-state index in [9.17, 15) is 9.59 Å². The Hall–Kier alpha value is -2.93. The number of para-hydroxylation sites is 1. The molecule has 1 aromatic heterocycles. The van der Waals surface area contributed by atoms with Gasteiger partial charge in [0.2, 0.25) is 0 Å². The van der Waals surface area contributed by atoms with Crippen LogP contribution >= 0.6 is 11.8 Å². The van der Waals surface area contributed by atoms with Gasteiger partial charge in [-0.3, -0.25) is 15.0 Å². The van der Waals surface area contributed by atoms with Crippen LogP contribution in [0.25, 0.3) is 10.9 Å². The first-order valence-electron chi connectivity index (χ1n) is 8.12. The number of aromatic nitrogens is 1. The lowest BCUT2D eigenvalue weighted by atomic mass is 10.1. The van der Waals surface area contributed by atoms with E-state index in [1.807, 2.05) is 30.5 Å². The highest BCUT2D eigenvalue weighted by Gasteiger charge is 2.35. The number of rotatable bonds is 4. The Morgan fingerprint density at radius 2 is 2.00 bits per heavy atom. The van der Waals surface area contributed by atoms with Crippen molar-refractivity contribution in [2.45, 2.75) is 5.37 Å². The van der Waals surface area contributed by atoms with Crippen LogP contribution in [0.1, 0.15) is 21.3 Å². The van der Waals surface area contributed by atoms with Gasteiger partial charge in [0.15, 0.2) is 0 Å². The summed E-state index contributed by atoms with van der Waals surface area (Å²) < 4.78 is 5.10. The molecule has 1 saturated heterocycles. The zero-order valence-corrected chi connectivity index (χ0v) is 14.9. The molecule has 4 rings (SSSR count). The molecule has 7 heteroatoms. The Labute approximate surface area is 154 Å². The Morgan fingerprint density at radius 1 is 1.23 bits per heavy atom. The molecule has 132 valence electrons. The predicted molar refractivity (Wildman–Crippen MR) is 101 cm³/mol. The lowest BCUT2D eigenvalue weighted by Gasteiger charge is -2.24. The van der Waals surface area contributed by atoms with Gasteiger partial charge in [-0.2, -0.15) is 0 Å². The van der Waals surface area contributed by atoms with Crippen molar-refractivity contribution in [3.05, 3.63) is 65.9 Å². The molecule has 0 saturated carbocycles. The van der Waals surface area contributed by atoms with E-state index in [1.54, 1.807) is 31.4 Å². The van der Waals surface area contributed by atoms with Crippen molar-refractivity contribution < 1.29 is 14.3 Å². The molecule has 0 spiro atoms. The number of amides is 2. The highest BCUT2D eigenvalue weighted by molar-refractivity contribution is 8.00. The summed E-state index contributed by atoms with van der Waals surface area (Å²) in [5, 5.41) is 2.21. The molecule has 3 aromatic rings. The normalized spacial score (nSPS) is 16.9. The summed E-state index contributed by atoms with van der Waals surface area (Å²) in [6, 6.07) is 14.7. The number of hydrogen-bond donors (Lipinski definition) is 2. The van der Waals surface area contributed by atoms with E-state index in [-0.39, 0.29) is 17.2 Å². The van der Waals surface area contributed by atoms with Crippen LogP contribution in [-0.2, 0) is 4.79 Å². The fourth-order valence-corrected chi connectivity index (χ4v) is 4.12. The van der Waals surface area contributed by atoms with E-state index >= 15 is 0 Å². The third kappa shape index (κ3) is 2.90. The van der Waals surface area contributed by atoms with Crippen LogP contribution in [-0.4, -0.2) is 34.7 Å². The first-order chi connectivity index (χ1) is 12.7. The summed E-state index contributed by atoms with van der Waals surface area (Å²) in [6.45, 7) is 0. The Kier molecular flexibility index (Phi) is 4.30. The van der Waals surface area contributed by atoms with Crippen molar-refractivity contribution in [2.24, 2.45) is 0 Å². The molecule has 1 atom stereocenters. The van der Waals surface area contributed by atoms with E-state index < -0.39 is 0 Å². The first-order valence-corrected chi connectivity index (χ1v) is 9.17. The molecule has 6 nitrogen and oxygen atoms in total. The summed E-state index contributed by atoms with van der Waals surface area (Å²) in [5.41, 5.74) is 5.20. The van der Waals surface area contributed by atoms with Crippen LogP contribution in [0.4, 0.5) is 0 Å². The monoisotopic (exact) mass is 367 g/mol. The van der Waals surface area contributed by atoms with Gasteiger partial charge >= 0.3 is 0 Å². The lowest BCUT2D eigenvalue weighted by molar-refractivity contribution is -0.130. The number of aromatic amines is 1. The summed E-state index contributed by atoms with van der Waals surface area (Å²) in [4.78, 5) is 28.1. The van der Waals surface area contributed by atoms with Gasteiger partial charge in [0.25, 0.3) is 11.8 Å². The maximum atomic E-state index is 12.6. The van der Waals surface area contributed by atoms with Crippen LogP contribution < -0.4 is 10.2 Å². The quantitative estimate of drug-likeness (QED) is 0.743. The van der Waals surface area contributed by atoms with Crippen LogP contribution in [0.3, 0.4) is 0 Å². The van der Waals surface area contributed by atoms with Crippen molar-refractivity contribution in [2.75, 3.05) is 12.9 Å². The number of benzene rings is 2. The van der Waals surface area contributed by atoms with Gasteiger partial charge in [-0.25, -0.2) is 5.01 Å². The Balaban J connectivity index is 1.59. The number of H-pyrrole nitrogens is 1. The number of ether oxygens (including phenoxy) is 1. The Bertz CT molecular complexity index is 968. The van der Waals surface area contributed by atoms with Crippen molar-refractivity contribution >= 4 is 34.5 Å². The van der Waals surface area contributed by atoms with Crippen LogP contribution in [0.15, 0.2) is 54.7 Å². The third-order valence-electron chi connectivity index (χ3n) is 4.33. The minimum Gasteiger partial charge on any atom is -0.497 e. The summed E-state index contributed by atoms with van der Waals surface area (Å²) >= 11 is 1.50. The molecule has 1 aliphatic heterocycles. The van der Waals surface area contributed by atoms with Gasteiger partial charge < -0.3 is 9.72 Å². The van der Waals surface area contributed by atoms with Gasteiger partial charge in [-0.1, -0.05) is 18.2 Å². The molecule has 2 N–H and O–H groups in total. The van der Waals surface area contributed by atoms with Crippen molar-refractivity contribution in [3.8, 4) is 5.75 Å². The molecule has 0 aliphatic carbocycles. The molecule has 1 fully saturated rings. The fraction of sp³-hybridized carbons (Fsp3) is 0.158. The highest BCUT2D eigenvalue weighted by Crippen LogP contribution is 2.40. The number of fused-ring (bicyclic) bond motifs is 1. The third-order valence-corrected chi connectivity index (χ3v) is 5.52. The molecule has 2 aromatic carbocycles. The number of thioether (sulfide) groups is 1. The van der Waals surface area contributed by atoms with Gasteiger partial charge in [-0.15, -0.1) is 11.8 Å². The fourth-order valence-electron chi connectivity index (χ4n) is 2.99. The lowest BCUT2D eigenvalue weighted by Crippen LogP contribution is -2.44. The average molecular weight is 367 g/mol. The van der Waals surface area contributed by atoms with E-state index in [0.717, 1.165) is 16.5 Å². The van der Waals surface area contributed by atoms with Crippen molar-refractivity contribution in [1.82, 2.24) is 15.4 Å². The largest absolute Gasteiger partial charge is 0.497 e. The van der Waals surface area contributed by atoms with Crippen molar-refractivity contribution in [1.29, 1.82) is 0 Å². The number of carbonyl (C=O) groups is 2. The van der Waals surface area contributed by atoms with E-state index in [1.165, 1.54) is 16.8 Å². The van der Waals surface area contributed by atoms with Crippen LogP contribution in [0.5, 0.6) is 5.75 Å². The number of hydrazine groups is 1. The predicted octanol–water partition coefficient (Wildman–Crippen LogP) is 3.10. The van der Waals surface area contributed by atoms with Crippen LogP contribution in [0.2, 0.25) is 0 Å². The average Bonchev–Trinajstić information content (AvgIpc) is 3.25. The number of hydrogen-bond acceptors (Lipinski definition) is 4. The zero-order chi connectivity index (χ0) is 18.1. The summed E-state index contributed by atoms with van der Waals surface area (Å²) in [7, 11) is 1.57.